The van der Waals surface area contributed by atoms with Crippen molar-refractivity contribution < 1.29 is 14.3 Å². The predicted molar refractivity (Wildman–Crippen MR) is 55.8 cm³/mol. The quantitative estimate of drug-likeness (QED) is 0.666. The molecule has 1 aromatic carbocycles. The van der Waals surface area contributed by atoms with Crippen molar-refractivity contribution in [1.82, 2.24) is 0 Å². The first-order valence-electron chi connectivity index (χ1n) is 3.57. The lowest BCUT2D eigenvalue weighted by molar-refractivity contribution is -0.131. The summed E-state index contributed by atoms with van der Waals surface area (Å²) in [5.74, 6) is -1.62. The van der Waals surface area contributed by atoms with Crippen molar-refractivity contribution in [3.05, 3.63) is 39.1 Å². The Morgan fingerprint density at radius 2 is 2.21 bits per heavy atom. The minimum atomic E-state index is -1.07. The van der Waals surface area contributed by atoms with E-state index in [2.05, 4.69) is 15.9 Å². The summed E-state index contributed by atoms with van der Waals surface area (Å²) in [5, 5.41) is 8.32. The zero-order valence-corrected chi connectivity index (χ0v) is 9.14. The van der Waals surface area contributed by atoms with Gasteiger partial charge in [-0.2, -0.15) is 0 Å². The average molecular weight is 279 g/mol. The number of rotatable bonds is 2. The molecule has 1 aromatic rings. The van der Waals surface area contributed by atoms with Gasteiger partial charge in [0.15, 0.2) is 0 Å². The highest BCUT2D eigenvalue weighted by molar-refractivity contribution is 9.10. The molecule has 5 heteroatoms. The lowest BCUT2D eigenvalue weighted by Gasteiger charge is -2.01. The lowest BCUT2D eigenvalue weighted by atomic mass is 10.2. The molecule has 0 atom stereocenters. The molecule has 0 aliphatic carbocycles. The van der Waals surface area contributed by atoms with Gasteiger partial charge in [-0.05, 0) is 33.6 Å². The Morgan fingerprint density at radius 1 is 1.57 bits per heavy atom. The van der Waals surface area contributed by atoms with Crippen LogP contribution in [0, 0.1) is 5.82 Å². The van der Waals surface area contributed by atoms with E-state index in [1.165, 1.54) is 18.2 Å². The molecule has 0 amide bonds. The van der Waals surface area contributed by atoms with Crippen LogP contribution >= 0.6 is 27.5 Å². The molecule has 0 bridgehead atoms. The molecule has 0 radical (unpaired) electrons. The van der Waals surface area contributed by atoms with E-state index in [0.29, 0.717) is 10.0 Å². The van der Waals surface area contributed by atoms with Crippen LogP contribution in [0.25, 0.3) is 6.08 Å². The summed E-state index contributed by atoms with van der Waals surface area (Å²) in [6.07, 6.45) is 2.28. The van der Waals surface area contributed by atoms with E-state index in [4.69, 9.17) is 16.7 Å². The number of benzene rings is 1. The molecule has 1 rings (SSSR count). The van der Waals surface area contributed by atoms with Gasteiger partial charge in [-0.1, -0.05) is 17.7 Å². The first-order valence-corrected chi connectivity index (χ1v) is 4.74. The van der Waals surface area contributed by atoms with Crippen molar-refractivity contribution in [1.29, 1.82) is 0 Å². The topological polar surface area (TPSA) is 37.3 Å². The van der Waals surface area contributed by atoms with Gasteiger partial charge in [0.05, 0.1) is 5.02 Å². The van der Waals surface area contributed by atoms with E-state index in [9.17, 15) is 9.18 Å². The standard InChI is InChI=1S/C9H5BrClFO2/c10-8-5(2-4-7(13)14)1-3-6(12)9(8)11/h1-4H,(H,13,14)/b4-2+. The average Bonchev–Trinajstić information content (AvgIpc) is 2.13. The molecule has 0 fully saturated rings. The van der Waals surface area contributed by atoms with Crippen LogP contribution in [-0.4, -0.2) is 11.1 Å². The summed E-state index contributed by atoms with van der Waals surface area (Å²) in [4.78, 5) is 10.2. The highest BCUT2D eigenvalue weighted by Crippen LogP contribution is 2.29. The molecule has 0 saturated heterocycles. The van der Waals surface area contributed by atoms with Gasteiger partial charge in [0, 0.05) is 10.5 Å². The van der Waals surface area contributed by atoms with Gasteiger partial charge in [0.25, 0.3) is 0 Å². The van der Waals surface area contributed by atoms with Crippen LogP contribution in [0.4, 0.5) is 4.39 Å². The van der Waals surface area contributed by atoms with Crippen LogP contribution in [-0.2, 0) is 4.79 Å². The van der Waals surface area contributed by atoms with Crippen molar-refractivity contribution >= 4 is 39.6 Å². The molecule has 1 N–H and O–H groups in total. The maximum atomic E-state index is 12.9. The Hall–Kier alpha value is -0.870. The number of hydrogen-bond donors (Lipinski definition) is 1. The molecule has 0 heterocycles. The summed E-state index contributed by atoms with van der Waals surface area (Å²) < 4.78 is 13.2. The van der Waals surface area contributed by atoms with Gasteiger partial charge in [0.2, 0.25) is 0 Å². The monoisotopic (exact) mass is 278 g/mol. The molecule has 0 unspecified atom stereocenters. The third kappa shape index (κ3) is 2.56. The summed E-state index contributed by atoms with van der Waals surface area (Å²) in [6.45, 7) is 0. The Labute approximate surface area is 93.1 Å². The van der Waals surface area contributed by atoms with Gasteiger partial charge in [-0.15, -0.1) is 0 Å². The summed E-state index contributed by atoms with van der Waals surface area (Å²) in [7, 11) is 0. The maximum absolute atomic E-state index is 12.9. The lowest BCUT2D eigenvalue weighted by Crippen LogP contribution is -1.87. The zero-order valence-electron chi connectivity index (χ0n) is 6.80. The summed E-state index contributed by atoms with van der Waals surface area (Å²) in [5.41, 5.74) is 0.513. The van der Waals surface area contributed by atoms with Crippen LogP contribution in [0.3, 0.4) is 0 Å². The molecule has 74 valence electrons. The second-order valence-electron chi connectivity index (χ2n) is 2.44. The maximum Gasteiger partial charge on any atom is 0.328 e. The third-order valence-electron chi connectivity index (χ3n) is 1.47. The Balaban J connectivity index is 3.12. The summed E-state index contributed by atoms with van der Waals surface area (Å²) >= 11 is 8.66. The molecule has 0 aliphatic rings. The van der Waals surface area contributed by atoms with Gasteiger partial charge in [-0.25, -0.2) is 9.18 Å². The molecular formula is C9H5BrClFO2. The van der Waals surface area contributed by atoms with Crippen molar-refractivity contribution in [3.63, 3.8) is 0 Å². The fourth-order valence-electron chi connectivity index (χ4n) is 0.831. The summed E-state index contributed by atoms with van der Waals surface area (Å²) in [6, 6.07) is 2.61. The van der Waals surface area contributed by atoms with E-state index in [1.54, 1.807) is 0 Å². The Kier molecular flexibility index (Phi) is 3.66. The SMILES string of the molecule is O=C(O)/C=C/c1ccc(F)c(Cl)c1Br. The highest BCUT2D eigenvalue weighted by Gasteiger charge is 2.07. The van der Waals surface area contributed by atoms with E-state index >= 15 is 0 Å². The van der Waals surface area contributed by atoms with Crippen LogP contribution < -0.4 is 0 Å². The Bertz CT molecular complexity index is 404. The fourth-order valence-corrected chi connectivity index (χ4v) is 1.46. The molecule has 0 spiro atoms. The van der Waals surface area contributed by atoms with Crippen LogP contribution in [0.1, 0.15) is 5.56 Å². The van der Waals surface area contributed by atoms with Crippen molar-refractivity contribution in [2.45, 2.75) is 0 Å². The smallest absolute Gasteiger partial charge is 0.328 e. The van der Waals surface area contributed by atoms with Gasteiger partial charge in [-0.3, -0.25) is 0 Å². The van der Waals surface area contributed by atoms with E-state index in [0.717, 1.165) is 6.08 Å². The fraction of sp³-hybridized carbons (Fsp3) is 0. The molecule has 14 heavy (non-hydrogen) atoms. The molecule has 0 aromatic heterocycles. The molecular weight excluding hydrogens is 274 g/mol. The van der Waals surface area contributed by atoms with Gasteiger partial charge >= 0.3 is 5.97 Å². The van der Waals surface area contributed by atoms with E-state index < -0.39 is 11.8 Å². The second kappa shape index (κ2) is 4.57. The number of halogens is 3. The number of aliphatic carboxylic acids is 1. The second-order valence-corrected chi connectivity index (χ2v) is 3.61. The minimum absolute atomic E-state index is 0.0578. The minimum Gasteiger partial charge on any atom is -0.478 e. The van der Waals surface area contributed by atoms with Gasteiger partial charge in [0.1, 0.15) is 5.82 Å². The van der Waals surface area contributed by atoms with Crippen LogP contribution in [0.2, 0.25) is 5.02 Å². The van der Waals surface area contributed by atoms with E-state index in [-0.39, 0.29) is 5.02 Å². The van der Waals surface area contributed by atoms with Crippen molar-refractivity contribution in [2.75, 3.05) is 0 Å². The highest BCUT2D eigenvalue weighted by atomic mass is 79.9. The van der Waals surface area contributed by atoms with Gasteiger partial charge < -0.3 is 5.11 Å². The number of hydrogen-bond acceptors (Lipinski definition) is 1. The largest absolute Gasteiger partial charge is 0.478 e. The number of carbonyl (C=O) groups is 1. The third-order valence-corrected chi connectivity index (χ3v) is 2.92. The zero-order chi connectivity index (χ0) is 10.7. The molecule has 0 aliphatic heterocycles. The van der Waals surface area contributed by atoms with Crippen molar-refractivity contribution in [2.24, 2.45) is 0 Å². The van der Waals surface area contributed by atoms with Crippen molar-refractivity contribution in [3.8, 4) is 0 Å². The number of carboxylic acid groups (broad SMARTS) is 1. The molecule has 2 nitrogen and oxygen atoms in total. The Morgan fingerprint density at radius 3 is 2.79 bits per heavy atom. The normalized spacial score (nSPS) is 10.8. The van der Waals surface area contributed by atoms with Crippen LogP contribution in [0.15, 0.2) is 22.7 Å². The number of carboxylic acids is 1. The first kappa shape index (κ1) is 11.2. The van der Waals surface area contributed by atoms with E-state index in [1.807, 2.05) is 0 Å². The first-order chi connectivity index (χ1) is 6.52. The molecule has 0 saturated carbocycles. The van der Waals surface area contributed by atoms with Crippen LogP contribution in [0.5, 0.6) is 0 Å². The predicted octanol–water partition coefficient (Wildman–Crippen LogP) is 3.34.